The molecule has 0 aliphatic carbocycles. The summed E-state index contributed by atoms with van der Waals surface area (Å²) in [6.07, 6.45) is 0. The summed E-state index contributed by atoms with van der Waals surface area (Å²) in [6.45, 7) is 7.43. The van der Waals surface area contributed by atoms with Crippen molar-refractivity contribution in [2.24, 2.45) is 0 Å². The quantitative estimate of drug-likeness (QED) is 0.396. The average Bonchev–Trinajstić information content (AvgIpc) is 2.85. The molecule has 3 rings (SSSR count). The van der Waals surface area contributed by atoms with E-state index in [4.69, 9.17) is 9.47 Å². The number of sulfonamides is 1. The van der Waals surface area contributed by atoms with Crippen molar-refractivity contribution < 1.29 is 27.5 Å². The van der Waals surface area contributed by atoms with Crippen molar-refractivity contribution in [2.45, 2.75) is 32.6 Å². The van der Waals surface area contributed by atoms with Gasteiger partial charge in [-0.15, -0.1) is 0 Å². The van der Waals surface area contributed by atoms with Crippen LogP contribution in [0.4, 0.5) is 11.4 Å². The van der Waals surface area contributed by atoms with Gasteiger partial charge in [0.25, 0.3) is 10.0 Å². The molecule has 9 heteroatoms. The Hall–Kier alpha value is -3.85. The van der Waals surface area contributed by atoms with Crippen LogP contribution in [0.1, 0.15) is 35.3 Å². The number of hydrogen-bond donors (Lipinski definition) is 1. The number of anilines is 2. The summed E-state index contributed by atoms with van der Waals surface area (Å²) in [7, 11) is -4.08. The Morgan fingerprint density at radius 1 is 0.889 bits per heavy atom. The molecule has 36 heavy (non-hydrogen) atoms. The number of hydrogen-bond acceptors (Lipinski definition) is 6. The van der Waals surface area contributed by atoms with Crippen LogP contribution in [-0.4, -0.2) is 40.1 Å². The number of ether oxygens (including phenoxy) is 2. The highest BCUT2D eigenvalue weighted by atomic mass is 32.2. The fourth-order valence-electron chi connectivity index (χ4n) is 3.45. The second-order valence-electron chi connectivity index (χ2n) is 8.05. The predicted octanol–water partition coefficient (Wildman–Crippen LogP) is 4.71. The molecule has 0 unspecified atom stereocenters. The highest BCUT2D eigenvalue weighted by Crippen LogP contribution is 2.26. The van der Waals surface area contributed by atoms with Gasteiger partial charge < -0.3 is 14.8 Å². The second-order valence-corrected chi connectivity index (χ2v) is 9.91. The number of amides is 1. The Kier molecular flexibility index (Phi) is 8.71. The lowest BCUT2D eigenvalue weighted by atomic mass is 10.1. The minimum atomic E-state index is -4.08. The molecule has 0 radical (unpaired) electrons. The van der Waals surface area contributed by atoms with Gasteiger partial charge in [0.15, 0.2) is 0 Å². The molecule has 0 spiro atoms. The lowest BCUT2D eigenvalue weighted by Gasteiger charge is -2.24. The van der Waals surface area contributed by atoms with Crippen LogP contribution in [0.3, 0.4) is 0 Å². The van der Waals surface area contributed by atoms with Gasteiger partial charge in [0.1, 0.15) is 12.3 Å². The van der Waals surface area contributed by atoms with E-state index in [2.05, 4.69) is 5.32 Å². The molecular formula is C27H30N2O6S. The van der Waals surface area contributed by atoms with E-state index in [0.717, 1.165) is 9.87 Å². The molecule has 0 heterocycles. The van der Waals surface area contributed by atoms with E-state index in [0.29, 0.717) is 29.3 Å². The van der Waals surface area contributed by atoms with E-state index in [1.54, 1.807) is 62.4 Å². The van der Waals surface area contributed by atoms with E-state index in [1.807, 2.05) is 13.8 Å². The molecule has 0 fully saturated rings. The molecular weight excluding hydrogens is 480 g/mol. The van der Waals surface area contributed by atoms with Gasteiger partial charge in [0.05, 0.1) is 29.4 Å². The molecule has 1 amide bonds. The van der Waals surface area contributed by atoms with E-state index >= 15 is 0 Å². The van der Waals surface area contributed by atoms with Gasteiger partial charge in [-0.1, -0.05) is 23.8 Å². The molecule has 0 atom stereocenters. The van der Waals surface area contributed by atoms with Crippen LogP contribution in [0, 0.1) is 13.8 Å². The Morgan fingerprint density at radius 2 is 1.56 bits per heavy atom. The van der Waals surface area contributed by atoms with Crippen LogP contribution < -0.4 is 14.4 Å². The first-order valence-electron chi connectivity index (χ1n) is 11.6. The zero-order valence-electron chi connectivity index (χ0n) is 20.8. The van der Waals surface area contributed by atoms with Gasteiger partial charge in [-0.3, -0.25) is 9.10 Å². The molecule has 0 aromatic heterocycles. The fraction of sp³-hybridized carbons (Fsp3) is 0.259. The molecule has 3 aromatic carbocycles. The number of carbonyl (C=O) groups is 2. The SMILES string of the molecule is CCOC(=O)c1ccc(C)c(NC(=O)CN(c2ccc(C)cc2)S(=O)(=O)c2ccc(OCC)cc2)c1. The Balaban J connectivity index is 1.91. The van der Waals surface area contributed by atoms with Crippen molar-refractivity contribution in [3.8, 4) is 5.75 Å². The van der Waals surface area contributed by atoms with Gasteiger partial charge in [0.2, 0.25) is 5.91 Å². The van der Waals surface area contributed by atoms with Gasteiger partial charge in [0, 0.05) is 5.69 Å². The lowest BCUT2D eigenvalue weighted by molar-refractivity contribution is -0.114. The third-order valence-corrected chi connectivity index (χ3v) is 7.14. The Bertz CT molecular complexity index is 1320. The zero-order chi connectivity index (χ0) is 26.3. The molecule has 0 bridgehead atoms. The first-order valence-corrected chi connectivity index (χ1v) is 13.0. The number of nitrogens with one attached hydrogen (secondary N) is 1. The highest BCUT2D eigenvalue weighted by Gasteiger charge is 2.27. The highest BCUT2D eigenvalue weighted by molar-refractivity contribution is 7.92. The van der Waals surface area contributed by atoms with E-state index in [-0.39, 0.29) is 17.1 Å². The van der Waals surface area contributed by atoms with Crippen molar-refractivity contribution in [3.63, 3.8) is 0 Å². The molecule has 1 N–H and O–H groups in total. The van der Waals surface area contributed by atoms with Crippen LogP contribution in [0.5, 0.6) is 5.75 Å². The summed E-state index contributed by atoms with van der Waals surface area (Å²) >= 11 is 0. The van der Waals surface area contributed by atoms with Gasteiger partial charge in [-0.05, 0) is 81.8 Å². The maximum atomic E-state index is 13.6. The van der Waals surface area contributed by atoms with Gasteiger partial charge >= 0.3 is 5.97 Å². The van der Waals surface area contributed by atoms with Crippen LogP contribution in [0.25, 0.3) is 0 Å². The number of carbonyl (C=O) groups excluding carboxylic acids is 2. The van der Waals surface area contributed by atoms with E-state index < -0.39 is 28.4 Å². The molecule has 0 saturated carbocycles. The Morgan fingerprint density at radius 3 is 2.17 bits per heavy atom. The maximum absolute atomic E-state index is 13.6. The average molecular weight is 511 g/mol. The number of nitrogens with zero attached hydrogens (tertiary/aromatic N) is 1. The van der Waals surface area contributed by atoms with Crippen molar-refractivity contribution in [2.75, 3.05) is 29.4 Å². The monoisotopic (exact) mass is 510 g/mol. The van der Waals surface area contributed by atoms with Crippen molar-refractivity contribution >= 4 is 33.3 Å². The van der Waals surface area contributed by atoms with Gasteiger partial charge in [-0.25, -0.2) is 13.2 Å². The third-order valence-electron chi connectivity index (χ3n) is 5.35. The first-order chi connectivity index (χ1) is 17.1. The summed E-state index contributed by atoms with van der Waals surface area (Å²) < 4.78 is 38.7. The largest absolute Gasteiger partial charge is 0.494 e. The second kappa shape index (κ2) is 11.7. The molecule has 0 aliphatic rings. The first kappa shape index (κ1) is 26.7. The fourth-order valence-corrected chi connectivity index (χ4v) is 4.87. The summed E-state index contributed by atoms with van der Waals surface area (Å²) in [4.78, 5) is 25.2. The third kappa shape index (κ3) is 6.42. The number of benzene rings is 3. The smallest absolute Gasteiger partial charge is 0.338 e. The van der Waals surface area contributed by atoms with Crippen LogP contribution >= 0.6 is 0 Å². The molecule has 3 aromatic rings. The molecule has 8 nitrogen and oxygen atoms in total. The van der Waals surface area contributed by atoms with Gasteiger partial charge in [-0.2, -0.15) is 0 Å². The van der Waals surface area contributed by atoms with E-state index in [9.17, 15) is 18.0 Å². The van der Waals surface area contributed by atoms with Crippen LogP contribution in [0.2, 0.25) is 0 Å². The van der Waals surface area contributed by atoms with Crippen molar-refractivity contribution in [3.05, 3.63) is 83.4 Å². The Labute approximate surface area is 211 Å². The minimum absolute atomic E-state index is 0.0276. The molecule has 0 aliphatic heterocycles. The summed E-state index contributed by atoms with van der Waals surface area (Å²) in [6, 6.07) is 17.7. The topological polar surface area (TPSA) is 102 Å². The number of rotatable bonds is 10. The van der Waals surface area contributed by atoms with E-state index in [1.165, 1.54) is 18.2 Å². The summed E-state index contributed by atoms with van der Waals surface area (Å²) in [5, 5.41) is 2.74. The molecule has 0 saturated heterocycles. The van der Waals surface area contributed by atoms with Crippen LogP contribution in [-0.2, 0) is 19.6 Å². The number of esters is 1. The minimum Gasteiger partial charge on any atom is -0.494 e. The normalized spacial score (nSPS) is 11.0. The summed E-state index contributed by atoms with van der Waals surface area (Å²) in [5.41, 5.74) is 2.70. The van der Waals surface area contributed by atoms with Crippen LogP contribution in [0.15, 0.2) is 71.6 Å². The number of aryl methyl sites for hydroxylation is 2. The molecule has 190 valence electrons. The standard InChI is InChI=1S/C27H30N2O6S/c1-5-34-23-13-15-24(16-14-23)36(32,33)29(22-11-7-19(3)8-12-22)18-26(30)28-25-17-21(10-9-20(25)4)27(31)35-6-2/h7-17H,5-6,18H2,1-4H3,(H,28,30). The van der Waals surface area contributed by atoms with Crippen molar-refractivity contribution in [1.82, 2.24) is 0 Å². The maximum Gasteiger partial charge on any atom is 0.338 e. The van der Waals surface area contributed by atoms with Crippen molar-refractivity contribution in [1.29, 1.82) is 0 Å². The predicted molar refractivity (Wildman–Crippen MR) is 139 cm³/mol. The zero-order valence-corrected chi connectivity index (χ0v) is 21.6. The summed E-state index contributed by atoms with van der Waals surface area (Å²) in [5.74, 6) is -0.519. The lowest BCUT2D eigenvalue weighted by Crippen LogP contribution is -2.38.